The Labute approximate surface area is 175 Å². The predicted molar refractivity (Wildman–Crippen MR) is 113 cm³/mol. The molecule has 0 radical (unpaired) electrons. The van der Waals surface area contributed by atoms with E-state index in [0.29, 0.717) is 11.0 Å². The van der Waals surface area contributed by atoms with E-state index in [1.165, 1.54) is 16.1 Å². The molecule has 10 heteroatoms. The molecule has 5 rings (SSSR count). The van der Waals surface area contributed by atoms with Crippen LogP contribution < -0.4 is 5.32 Å². The van der Waals surface area contributed by atoms with Crippen LogP contribution in [0.3, 0.4) is 0 Å². The normalized spacial score (nSPS) is 11.1. The number of thiazole rings is 1. The average Bonchev–Trinajstić information content (AvgIpc) is 3.48. The molecule has 1 N–H and O–H groups in total. The standard InChI is InChI=1S/C20H16N8OS/c1-13-7-8-15-17(11-13)30-20(21-15)22-19(29)16-9-10-27(24-16)12-28-25-18(23-26-28)14-5-3-2-4-6-14/h2-11H,12H2,1H3,(H,21,22,29). The number of fused-ring (bicyclic) bond motifs is 1. The highest BCUT2D eigenvalue weighted by Gasteiger charge is 2.14. The van der Waals surface area contributed by atoms with Crippen molar-refractivity contribution in [3.63, 3.8) is 0 Å². The molecule has 0 unspecified atom stereocenters. The Balaban J connectivity index is 1.28. The number of aromatic nitrogens is 7. The number of benzene rings is 2. The molecule has 30 heavy (non-hydrogen) atoms. The Morgan fingerprint density at radius 1 is 1.10 bits per heavy atom. The van der Waals surface area contributed by atoms with Crippen LogP contribution in [0.2, 0.25) is 0 Å². The molecular formula is C20H16N8OS. The van der Waals surface area contributed by atoms with Crippen LogP contribution in [0.1, 0.15) is 16.1 Å². The maximum atomic E-state index is 12.5. The van der Waals surface area contributed by atoms with Gasteiger partial charge in [0.05, 0.1) is 10.2 Å². The number of rotatable bonds is 5. The zero-order valence-corrected chi connectivity index (χ0v) is 16.7. The van der Waals surface area contributed by atoms with Gasteiger partial charge < -0.3 is 0 Å². The summed E-state index contributed by atoms with van der Waals surface area (Å²) in [5, 5.41) is 20.1. The molecular weight excluding hydrogens is 400 g/mol. The molecule has 0 aliphatic rings. The fourth-order valence-electron chi connectivity index (χ4n) is 2.94. The van der Waals surface area contributed by atoms with Crippen LogP contribution in [-0.2, 0) is 6.67 Å². The highest BCUT2D eigenvalue weighted by Crippen LogP contribution is 2.26. The molecule has 0 aliphatic heterocycles. The number of aryl methyl sites for hydroxylation is 1. The van der Waals surface area contributed by atoms with E-state index in [4.69, 9.17) is 0 Å². The minimum Gasteiger partial charge on any atom is -0.296 e. The Morgan fingerprint density at radius 2 is 1.97 bits per heavy atom. The third-order valence-corrected chi connectivity index (χ3v) is 5.33. The Hall–Kier alpha value is -3.92. The summed E-state index contributed by atoms with van der Waals surface area (Å²) >= 11 is 1.43. The predicted octanol–water partition coefficient (Wildman–Crippen LogP) is 3.21. The van der Waals surface area contributed by atoms with Crippen molar-refractivity contribution in [1.82, 2.24) is 35.0 Å². The number of hydrogen-bond donors (Lipinski definition) is 1. The molecule has 0 saturated heterocycles. The molecule has 0 bridgehead atoms. The SMILES string of the molecule is Cc1ccc2nc(NC(=O)c3ccn(Cn4nnc(-c5ccccc5)n4)n3)sc2c1. The van der Waals surface area contributed by atoms with Crippen molar-refractivity contribution in [2.45, 2.75) is 13.6 Å². The molecule has 148 valence electrons. The lowest BCUT2D eigenvalue weighted by Crippen LogP contribution is -2.15. The van der Waals surface area contributed by atoms with Crippen molar-refractivity contribution in [3.8, 4) is 11.4 Å². The quantitative estimate of drug-likeness (QED) is 0.472. The van der Waals surface area contributed by atoms with Gasteiger partial charge in [-0.1, -0.05) is 47.7 Å². The third kappa shape index (κ3) is 3.67. The number of amides is 1. The summed E-state index contributed by atoms with van der Waals surface area (Å²) in [7, 11) is 0. The van der Waals surface area contributed by atoms with E-state index in [0.717, 1.165) is 21.3 Å². The lowest BCUT2D eigenvalue weighted by atomic mass is 10.2. The zero-order chi connectivity index (χ0) is 20.5. The van der Waals surface area contributed by atoms with Gasteiger partial charge in [0.15, 0.2) is 17.5 Å². The summed E-state index contributed by atoms with van der Waals surface area (Å²) in [6.07, 6.45) is 1.70. The zero-order valence-electron chi connectivity index (χ0n) is 15.9. The number of nitrogens with one attached hydrogen (secondary N) is 1. The van der Waals surface area contributed by atoms with Gasteiger partial charge in [0.25, 0.3) is 5.91 Å². The number of carbonyl (C=O) groups excluding carboxylic acids is 1. The van der Waals surface area contributed by atoms with Crippen LogP contribution >= 0.6 is 11.3 Å². The second-order valence-corrected chi connectivity index (χ2v) is 7.71. The van der Waals surface area contributed by atoms with E-state index < -0.39 is 0 Å². The lowest BCUT2D eigenvalue weighted by Gasteiger charge is -2.00. The second-order valence-electron chi connectivity index (χ2n) is 6.68. The highest BCUT2D eigenvalue weighted by atomic mass is 32.1. The van der Waals surface area contributed by atoms with Gasteiger partial charge in [0.1, 0.15) is 0 Å². The van der Waals surface area contributed by atoms with E-state index in [-0.39, 0.29) is 18.3 Å². The average molecular weight is 416 g/mol. The maximum Gasteiger partial charge on any atom is 0.277 e. The number of tetrazole rings is 1. The minimum absolute atomic E-state index is 0.244. The summed E-state index contributed by atoms with van der Waals surface area (Å²) in [6.45, 7) is 2.27. The monoisotopic (exact) mass is 416 g/mol. The smallest absolute Gasteiger partial charge is 0.277 e. The largest absolute Gasteiger partial charge is 0.296 e. The van der Waals surface area contributed by atoms with Crippen molar-refractivity contribution < 1.29 is 4.79 Å². The first kappa shape index (κ1) is 18.1. The molecule has 0 aliphatic carbocycles. The van der Waals surface area contributed by atoms with Crippen LogP contribution in [-0.4, -0.2) is 40.9 Å². The Bertz CT molecular complexity index is 1340. The van der Waals surface area contributed by atoms with Crippen LogP contribution in [0.15, 0.2) is 60.8 Å². The van der Waals surface area contributed by atoms with Crippen LogP contribution in [0.4, 0.5) is 5.13 Å². The Kier molecular flexibility index (Phi) is 4.52. The molecule has 0 saturated carbocycles. The van der Waals surface area contributed by atoms with Crippen LogP contribution in [0, 0.1) is 6.92 Å². The highest BCUT2D eigenvalue weighted by molar-refractivity contribution is 7.22. The van der Waals surface area contributed by atoms with E-state index >= 15 is 0 Å². The molecule has 0 fully saturated rings. The fraction of sp³-hybridized carbons (Fsp3) is 0.100. The topological polar surface area (TPSA) is 103 Å². The van der Waals surface area contributed by atoms with Crippen molar-refractivity contribution in [1.29, 1.82) is 0 Å². The van der Waals surface area contributed by atoms with Gasteiger partial charge in [-0.25, -0.2) is 9.67 Å². The Morgan fingerprint density at radius 3 is 2.83 bits per heavy atom. The third-order valence-electron chi connectivity index (χ3n) is 4.39. The molecule has 9 nitrogen and oxygen atoms in total. The maximum absolute atomic E-state index is 12.5. The second kappa shape index (κ2) is 7.48. The first-order chi connectivity index (χ1) is 14.6. The van der Waals surface area contributed by atoms with Gasteiger partial charge in [-0.05, 0) is 35.9 Å². The molecule has 3 heterocycles. The molecule has 0 spiro atoms. The first-order valence-corrected chi connectivity index (χ1v) is 10.0. The molecule has 0 atom stereocenters. The summed E-state index contributed by atoms with van der Waals surface area (Å²) < 4.78 is 2.61. The summed E-state index contributed by atoms with van der Waals surface area (Å²) in [4.78, 5) is 18.4. The van der Waals surface area contributed by atoms with Gasteiger partial charge in [-0.15, -0.1) is 15.0 Å². The lowest BCUT2D eigenvalue weighted by molar-refractivity contribution is 0.102. The number of hydrogen-bond acceptors (Lipinski definition) is 7. The molecule has 2 aromatic carbocycles. The van der Waals surface area contributed by atoms with Crippen LogP contribution in [0.25, 0.3) is 21.6 Å². The van der Waals surface area contributed by atoms with Crippen molar-refractivity contribution in [2.75, 3.05) is 5.32 Å². The molecule has 1 amide bonds. The van der Waals surface area contributed by atoms with Gasteiger partial charge in [0, 0.05) is 11.8 Å². The van der Waals surface area contributed by atoms with Gasteiger partial charge >= 0.3 is 0 Å². The van der Waals surface area contributed by atoms with Gasteiger partial charge in [0.2, 0.25) is 5.82 Å². The van der Waals surface area contributed by atoms with Crippen molar-refractivity contribution in [2.24, 2.45) is 0 Å². The number of anilines is 1. The van der Waals surface area contributed by atoms with Gasteiger partial charge in [-0.3, -0.25) is 10.1 Å². The summed E-state index contributed by atoms with van der Waals surface area (Å²) in [5.74, 6) is 0.216. The van der Waals surface area contributed by atoms with Gasteiger partial charge in [-0.2, -0.15) is 5.10 Å². The fourth-order valence-corrected chi connectivity index (χ4v) is 3.90. The molecule has 5 aromatic rings. The minimum atomic E-state index is -0.318. The number of nitrogens with zero attached hydrogens (tertiary/aromatic N) is 7. The van der Waals surface area contributed by atoms with E-state index in [1.54, 1.807) is 16.9 Å². The van der Waals surface area contributed by atoms with Crippen molar-refractivity contribution in [3.05, 3.63) is 72.1 Å². The van der Waals surface area contributed by atoms with E-state index in [1.807, 2.05) is 55.5 Å². The van der Waals surface area contributed by atoms with Crippen LogP contribution in [0.5, 0.6) is 0 Å². The van der Waals surface area contributed by atoms with Crippen molar-refractivity contribution >= 4 is 32.6 Å². The molecule has 3 aromatic heterocycles. The summed E-state index contributed by atoms with van der Waals surface area (Å²) in [5.41, 5.74) is 3.18. The number of carbonyl (C=O) groups is 1. The van der Waals surface area contributed by atoms with E-state index in [9.17, 15) is 4.79 Å². The first-order valence-electron chi connectivity index (χ1n) is 9.19. The van der Waals surface area contributed by atoms with E-state index in [2.05, 4.69) is 30.8 Å². The summed E-state index contributed by atoms with van der Waals surface area (Å²) in [6, 6.07) is 17.2.